The van der Waals surface area contributed by atoms with E-state index in [1.54, 1.807) is 29.3 Å². The van der Waals surface area contributed by atoms with Crippen LogP contribution in [-0.2, 0) is 23.1 Å². The molecule has 8 nitrogen and oxygen atoms in total. The van der Waals surface area contributed by atoms with Crippen molar-refractivity contribution in [2.75, 3.05) is 6.61 Å². The van der Waals surface area contributed by atoms with Crippen molar-refractivity contribution in [3.8, 4) is 0 Å². The summed E-state index contributed by atoms with van der Waals surface area (Å²) in [6.45, 7) is 3.14. The zero-order chi connectivity index (χ0) is 19.9. The van der Waals surface area contributed by atoms with Gasteiger partial charge < -0.3 is 20.4 Å². The Hall–Kier alpha value is -2.61. The van der Waals surface area contributed by atoms with Crippen molar-refractivity contribution in [2.45, 2.75) is 51.3 Å². The van der Waals surface area contributed by atoms with Gasteiger partial charge in [0.15, 0.2) is 0 Å². The first kappa shape index (κ1) is 20.1. The summed E-state index contributed by atoms with van der Waals surface area (Å²) in [5.41, 5.74) is 1.58. The predicted molar refractivity (Wildman–Crippen MR) is 104 cm³/mol. The van der Waals surface area contributed by atoms with Crippen LogP contribution in [-0.4, -0.2) is 45.3 Å². The van der Waals surface area contributed by atoms with Crippen molar-refractivity contribution in [1.82, 2.24) is 25.4 Å². The van der Waals surface area contributed by atoms with E-state index in [0.717, 1.165) is 24.8 Å². The SMILES string of the molecule is CCCO[C@H]1C[C@@H](C(=O)NCc2cnn(C)c2)CC[C@@H]1NC(=O)c1cc[nH]c1. The molecule has 2 heterocycles. The van der Waals surface area contributed by atoms with Crippen LogP contribution in [0.25, 0.3) is 0 Å². The molecule has 1 fully saturated rings. The monoisotopic (exact) mass is 387 g/mol. The van der Waals surface area contributed by atoms with E-state index >= 15 is 0 Å². The third-order valence-electron chi connectivity index (χ3n) is 5.10. The van der Waals surface area contributed by atoms with Gasteiger partial charge in [0.05, 0.1) is 23.9 Å². The molecule has 3 atom stereocenters. The van der Waals surface area contributed by atoms with Crippen LogP contribution in [0.3, 0.4) is 0 Å². The maximum Gasteiger partial charge on any atom is 0.253 e. The molecule has 3 rings (SSSR count). The van der Waals surface area contributed by atoms with Crippen LogP contribution in [0.2, 0.25) is 0 Å². The van der Waals surface area contributed by atoms with Gasteiger partial charge in [-0.05, 0) is 31.7 Å². The number of aromatic amines is 1. The summed E-state index contributed by atoms with van der Waals surface area (Å²) >= 11 is 0. The first-order valence-electron chi connectivity index (χ1n) is 9.87. The molecule has 0 unspecified atom stereocenters. The Kier molecular flexibility index (Phi) is 6.86. The largest absolute Gasteiger partial charge is 0.376 e. The van der Waals surface area contributed by atoms with Crippen LogP contribution in [0, 0.1) is 5.92 Å². The molecular weight excluding hydrogens is 358 g/mol. The molecule has 28 heavy (non-hydrogen) atoms. The van der Waals surface area contributed by atoms with E-state index in [1.165, 1.54) is 0 Å². The van der Waals surface area contributed by atoms with Crippen molar-refractivity contribution in [3.05, 3.63) is 42.0 Å². The summed E-state index contributed by atoms with van der Waals surface area (Å²) in [4.78, 5) is 27.9. The van der Waals surface area contributed by atoms with Gasteiger partial charge in [-0.3, -0.25) is 14.3 Å². The van der Waals surface area contributed by atoms with Crippen LogP contribution in [0.15, 0.2) is 30.9 Å². The lowest BCUT2D eigenvalue weighted by Crippen LogP contribution is -2.50. The van der Waals surface area contributed by atoms with E-state index in [-0.39, 0.29) is 29.9 Å². The number of rotatable bonds is 8. The highest BCUT2D eigenvalue weighted by molar-refractivity contribution is 5.94. The fourth-order valence-electron chi connectivity index (χ4n) is 3.60. The zero-order valence-corrected chi connectivity index (χ0v) is 16.5. The summed E-state index contributed by atoms with van der Waals surface area (Å²) in [5.74, 6) is -0.195. The number of carbonyl (C=O) groups is 2. The highest BCUT2D eigenvalue weighted by Crippen LogP contribution is 2.28. The average molecular weight is 387 g/mol. The summed E-state index contributed by atoms with van der Waals surface area (Å²) < 4.78 is 7.71. The summed E-state index contributed by atoms with van der Waals surface area (Å²) in [6.07, 6.45) is 9.83. The molecule has 2 aromatic heterocycles. The number of hydrogen-bond donors (Lipinski definition) is 3. The molecule has 2 aromatic rings. The number of ether oxygens (including phenoxy) is 1. The van der Waals surface area contributed by atoms with E-state index in [2.05, 4.69) is 20.7 Å². The Labute approximate surface area is 165 Å². The second-order valence-corrected chi connectivity index (χ2v) is 7.34. The number of H-pyrrole nitrogens is 1. The van der Waals surface area contributed by atoms with Gasteiger partial charge in [-0.2, -0.15) is 5.10 Å². The lowest BCUT2D eigenvalue weighted by molar-refractivity contribution is -0.128. The first-order valence-corrected chi connectivity index (χ1v) is 9.87. The van der Waals surface area contributed by atoms with Crippen molar-refractivity contribution in [3.63, 3.8) is 0 Å². The number of nitrogens with one attached hydrogen (secondary N) is 3. The Bertz CT molecular complexity index is 771. The molecule has 152 valence electrons. The Morgan fingerprint density at radius 1 is 1.39 bits per heavy atom. The van der Waals surface area contributed by atoms with E-state index in [1.807, 2.05) is 20.2 Å². The normalized spacial score (nSPS) is 22.0. The number of aryl methyl sites for hydroxylation is 1. The molecule has 0 saturated heterocycles. The second-order valence-electron chi connectivity index (χ2n) is 7.34. The van der Waals surface area contributed by atoms with Gasteiger partial charge in [0.1, 0.15) is 0 Å². The van der Waals surface area contributed by atoms with Gasteiger partial charge in [0.2, 0.25) is 5.91 Å². The zero-order valence-electron chi connectivity index (χ0n) is 16.5. The van der Waals surface area contributed by atoms with Crippen molar-refractivity contribution in [1.29, 1.82) is 0 Å². The third kappa shape index (κ3) is 5.22. The second kappa shape index (κ2) is 9.54. The highest BCUT2D eigenvalue weighted by atomic mass is 16.5. The molecule has 1 saturated carbocycles. The van der Waals surface area contributed by atoms with E-state index < -0.39 is 0 Å². The number of amides is 2. The molecular formula is C20H29N5O3. The molecule has 0 radical (unpaired) electrons. The maximum absolute atomic E-state index is 12.6. The standard InChI is InChI=1S/C20H29N5O3/c1-3-8-28-18-9-15(19(26)22-10-14-11-23-25(2)13-14)4-5-17(18)24-20(27)16-6-7-21-12-16/h6-7,11-13,15,17-18,21H,3-5,8-10H2,1-2H3,(H,22,26)(H,24,27)/t15-,17-,18-/m0/s1. The minimum Gasteiger partial charge on any atom is -0.376 e. The van der Waals surface area contributed by atoms with Gasteiger partial charge in [-0.15, -0.1) is 0 Å². The number of carbonyl (C=O) groups excluding carboxylic acids is 2. The molecule has 3 N–H and O–H groups in total. The lowest BCUT2D eigenvalue weighted by atomic mass is 9.83. The third-order valence-corrected chi connectivity index (χ3v) is 5.10. The number of aromatic nitrogens is 3. The van der Waals surface area contributed by atoms with Crippen LogP contribution < -0.4 is 10.6 Å². The molecule has 0 aromatic carbocycles. The van der Waals surface area contributed by atoms with Crippen molar-refractivity contribution in [2.24, 2.45) is 13.0 Å². The maximum atomic E-state index is 12.6. The lowest BCUT2D eigenvalue weighted by Gasteiger charge is -2.35. The van der Waals surface area contributed by atoms with Crippen LogP contribution in [0.5, 0.6) is 0 Å². The highest BCUT2D eigenvalue weighted by Gasteiger charge is 2.35. The molecule has 1 aliphatic carbocycles. The fourth-order valence-corrected chi connectivity index (χ4v) is 3.60. The quantitative estimate of drug-likeness (QED) is 0.642. The van der Waals surface area contributed by atoms with Crippen LogP contribution in [0.1, 0.15) is 48.5 Å². The number of hydrogen-bond acceptors (Lipinski definition) is 4. The summed E-state index contributed by atoms with van der Waals surface area (Å²) in [5, 5.41) is 10.2. The number of nitrogens with zero attached hydrogens (tertiary/aromatic N) is 2. The van der Waals surface area contributed by atoms with Gasteiger partial charge >= 0.3 is 0 Å². The van der Waals surface area contributed by atoms with Gasteiger partial charge in [-0.1, -0.05) is 6.92 Å². The summed E-state index contributed by atoms with van der Waals surface area (Å²) in [7, 11) is 1.85. The molecule has 8 heteroatoms. The topological polar surface area (TPSA) is 101 Å². The Balaban J connectivity index is 1.56. The smallest absolute Gasteiger partial charge is 0.253 e. The minimum absolute atomic E-state index is 0.0318. The fraction of sp³-hybridized carbons (Fsp3) is 0.550. The molecule has 0 spiro atoms. The Morgan fingerprint density at radius 2 is 2.25 bits per heavy atom. The van der Waals surface area contributed by atoms with E-state index in [0.29, 0.717) is 25.1 Å². The van der Waals surface area contributed by atoms with Gasteiger partial charge in [0, 0.05) is 50.3 Å². The van der Waals surface area contributed by atoms with Crippen LogP contribution in [0.4, 0.5) is 0 Å². The van der Waals surface area contributed by atoms with E-state index in [4.69, 9.17) is 4.74 Å². The Morgan fingerprint density at radius 3 is 2.93 bits per heavy atom. The molecule has 2 amide bonds. The van der Waals surface area contributed by atoms with Gasteiger partial charge in [-0.25, -0.2) is 0 Å². The molecule has 0 aliphatic heterocycles. The van der Waals surface area contributed by atoms with E-state index in [9.17, 15) is 9.59 Å². The minimum atomic E-state index is -0.161. The predicted octanol–water partition coefficient (Wildman–Crippen LogP) is 1.76. The first-order chi connectivity index (χ1) is 13.6. The summed E-state index contributed by atoms with van der Waals surface area (Å²) in [6, 6.07) is 1.66. The van der Waals surface area contributed by atoms with Crippen molar-refractivity contribution < 1.29 is 14.3 Å². The average Bonchev–Trinajstić information content (AvgIpc) is 3.37. The molecule has 0 bridgehead atoms. The molecule has 1 aliphatic rings. The van der Waals surface area contributed by atoms with Crippen molar-refractivity contribution >= 4 is 11.8 Å². The van der Waals surface area contributed by atoms with Gasteiger partial charge in [0.25, 0.3) is 5.91 Å². The van der Waals surface area contributed by atoms with Crippen LogP contribution >= 0.6 is 0 Å².